The quantitative estimate of drug-likeness (QED) is 0.107. The molecular formula is C46H34N3O2Pt-. The first-order chi connectivity index (χ1) is 25.0. The van der Waals surface area contributed by atoms with Gasteiger partial charge in [0.2, 0.25) is 0 Å². The number of pyridine rings is 1. The normalized spacial score (nSPS) is 11.4. The van der Waals surface area contributed by atoms with Crippen molar-refractivity contribution in [3.63, 3.8) is 0 Å². The van der Waals surface area contributed by atoms with E-state index in [1.165, 1.54) is 52.9 Å². The van der Waals surface area contributed by atoms with Crippen LogP contribution in [0.4, 0.5) is 0 Å². The Bertz CT molecular complexity index is 2630. The summed E-state index contributed by atoms with van der Waals surface area (Å²) >= 11 is 0. The Labute approximate surface area is 316 Å². The predicted molar refractivity (Wildman–Crippen MR) is 210 cm³/mol. The van der Waals surface area contributed by atoms with Crippen LogP contribution < -0.4 is 0 Å². The fourth-order valence-corrected chi connectivity index (χ4v) is 7.09. The molecule has 0 aliphatic rings. The Morgan fingerprint density at radius 2 is 1.17 bits per heavy atom. The van der Waals surface area contributed by atoms with Gasteiger partial charge >= 0.3 is 0 Å². The molecule has 5 nitrogen and oxygen atoms in total. The molecule has 3 aromatic heterocycles. The number of hydrogen-bond donors (Lipinski definition) is 1. The number of allylic oxidation sites excluding steroid dienone is 2. The zero-order valence-electron chi connectivity index (χ0n) is 28.6. The van der Waals surface area contributed by atoms with Gasteiger partial charge in [0.25, 0.3) is 0 Å². The molecule has 0 spiro atoms. The number of para-hydroxylation sites is 3. The molecule has 0 radical (unpaired) electrons. The molecule has 0 saturated carbocycles. The maximum absolute atomic E-state index is 10.0. The van der Waals surface area contributed by atoms with E-state index in [0.29, 0.717) is 0 Å². The van der Waals surface area contributed by atoms with Crippen LogP contribution in [-0.4, -0.2) is 25.0 Å². The van der Waals surface area contributed by atoms with Crippen molar-refractivity contribution in [3.8, 4) is 33.6 Å². The topological polar surface area (TPSA) is 60.0 Å². The molecule has 1 N–H and O–H groups in total. The number of aromatic nitrogens is 3. The Balaban J connectivity index is 0.000000481. The van der Waals surface area contributed by atoms with Gasteiger partial charge in [0.15, 0.2) is 5.78 Å². The summed E-state index contributed by atoms with van der Waals surface area (Å²) < 4.78 is 4.76. The van der Waals surface area contributed by atoms with E-state index in [0.717, 1.165) is 44.4 Å². The van der Waals surface area contributed by atoms with Crippen LogP contribution in [0, 0.1) is 6.07 Å². The van der Waals surface area contributed by atoms with Crippen molar-refractivity contribution in [2.24, 2.45) is 0 Å². The van der Waals surface area contributed by atoms with Gasteiger partial charge in [-0.3, -0.25) is 4.79 Å². The fourth-order valence-electron chi connectivity index (χ4n) is 7.09. The van der Waals surface area contributed by atoms with Crippen LogP contribution in [-0.2, 0) is 25.9 Å². The SMILES string of the molecule is CC(=O)/C=C(/C)O.[Pt].[c-]1cc(-n2c3ccccc3c3ccccc32)cc2c1c1ncccc1n2-c1c(-c2ccccc2)cccc1-c1ccccc1. The van der Waals surface area contributed by atoms with Gasteiger partial charge in [-0.2, -0.15) is 0 Å². The average Bonchev–Trinajstić information content (AvgIpc) is 3.67. The van der Waals surface area contributed by atoms with Crippen molar-refractivity contribution in [2.75, 3.05) is 0 Å². The molecule has 0 aliphatic heterocycles. The number of benzene rings is 6. The number of ketones is 1. The van der Waals surface area contributed by atoms with Gasteiger partial charge in [-0.1, -0.05) is 127 Å². The third-order valence-corrected chi connectivity index (χ3v) is 9.09. The summed E-state index contributed by atoms with van der Waals surface area (Å²) in [5.41, 5.74) is 12.3. The summed E-state index contributed by atoms with van der Waals surface area (Å²) in [5, 5.41) is 11.9. The van der Waals surface area contributed by atoms with Gasteiger partial charge in [-0.15, -0.1) is 12.1 Å². The molecule has 0 bridgehead atoms. The van der Waals surface area contributed by atoms with E-state index in [4.69, 9.17) is 10.1 Å². The van der Waals surface area contributed by atoms with Crippen LogP contribution in [0.25, 0.3) is 77.4 Å². The molecule has 9 rings (SSSR count). The average molecular weight is 856 g/mol. The molecule has 9 aromatic rings. The minimum Gasteiger partial charge on any atom is -0.512 e. The predicted octanol–water partition coefficient (Wildman–Crippen LogP) is 11.4. The van der Waals surface area contributed by atoms with Crippen molar-refractivity contribution in [3.05, 3.63) is 176 Å². The Morgan fingerprint density at radius 3 is 1.71 bits per heavy atom. The van der Waals surface area contributed by atoms with Crippen molar-refractivity contribution in [1.29, 1.82) is 0 Å². The second-order valence-electron chi connectivity index (χ2n) is 12.5. The Morgan fingerprint density at radius 1 is 0.635 bits per heavy atom. The fraction of sp³-hybridized carbons (Fsp3) is 0.0435. The molecular weight excluding hydrogens is 822 g/mol. The minimum atomic E-state index is -0.125. The monoisotopic (exact) mass is 855 g/mol. The molecule has 0 saturated heterocycles. The van der Waals surface area contributed by atoms with Crippen LogP contribution in [0.3, 0.4) is 0 Å². The van der Waals surface area contributed by atoms with E-state index in [2.05, 4.69) is 161 Å². The standard InChI is InChI=1S/C41H26N3.C5H8O2.Pt/c1-3-13-28(14-4-1)31-19-11-20-32(29-15-5-2-6-16-29)41(31)44-38-23-12-26-42-40(38)35-25-24-30(27-39(35)44)43-36-21-9-7-17-33(36)34-18-8-10-22-37(34)43;1-4(6)3-5(2)7;/h1-24,26-27H;3,6H,1-2H3;/q-1;;/b;4-3-;. The van der Waals surface area contributed by atoms with E-state index in [1.807, 2.05) is 12.3 Å². The molecule has 0 atom stereocenters. The smallest absolute Gasteiger partial charge is 0.155 e. The summed E-state index contributed by atoms with van der Waals surface area (Å²) in [5.74, 6) is -0.0625. The van der Waals surface area contributed by atoms with Crippen molar-refractivity contribution in [1.82, 2.24) is 14.1 Å². The molecule has 0 unspecified atom stereocenters. The zero-order chi connectivity index (χ0) is 34.9. The van der Waals surface area contributed by atoms with Crippen molar-refractivity contribution >= 4 is 49.5 Å². The first-order valence-corrected chi connectivity index (χ1v) is 16.9. The van der Waals surface area contributed by atoms with Gasteiger partial charge in [0, 0.05) is 77.3 Å². The molecule has 0 fully saturated rings. The second-order valence-corrected chi connectivity index (χ2v) is 12.5. The van der Waals surface area contributed by atoms with Gasteiger partial charge < -0.3 is 19.2 Å². The number of carbonyl (C=O) groups is 1. The summed E-state index contributed by atoms with van der Waals surface area (Å²) in [6, 6.07) is 57.5. The number of aliphatic hydroxyl groups excluding tert-OH is 1. The Hall–Kier alpha value is -6.03. The van der Waals surface area contributed by atoms with E-state index in [9.17, 15) is 4.79 Å². The van der Waals surface area contributed by atoms with Crippen LogP contribution in [0.1, 0.15) is 13.8 Å². The summed E-state index contributed by atoms with van der Waals surface area (Å²) in [4.78, 5) is 14.9. The molecule has 0 aliphatic carbocycles. The number of nitrogens with zero attached hydrogens (tertiary/aromatic N) is 3. The number of fused-ring (bicyclic) bond motifs is 6. The van der Waals surface area contributed by atoms with Crippen LogP contribution in [0.5, 0.6) is 0 Å². The number of carbonyl (C=O) groups excluding carboxylic acids is 1. The van der Waals surface area contributed by atoms with Crippen LogP contribution >= 0.6 is 0 Å². The Kier molecular flexibility index (Phi) is 9.71. The van der Waals surface area contributed by atoms with Gasteiger partial charge in [-0.05, 0) is 60.4 Å². The van der Waals surface area contributed by atoms with E-state index in [1.54, 1.807) is 0 Å². The summed E-state index contributed by atoms with van der Waals surface area (Å²) in [6.45, 7) is 2.85. The number of aliphatic hydroxyl groups is 1. The summed E-state index contributed by atoms with van der Waals surface area (Å²) in [6.07, 6.45) is 3.04. The summed E-state index contributed by atoms with van der Waals surface area (Å²) in [7, 11) is 0. The third kappa shape index (κ3) is 6.25. The zero-order valence-corrected chi connectivity index (χ0v) is 30.9. The second kappa shape index (κ2) is 14.7. The van der Waals surface area contributed by atoms with Gasteiger partial charge in [0.1, 0.15) is 0 Å². The minimum absolute atomic E-state index is 0. The molecule has 6 aromatic carbocycles. The molecule has 52 heavy (non-hydrogen) atoms. The first kappa shape index (κ1) is 34.4. The molecule has 6 heteroatoms. The maximum Gasteiger partial charge on any atom is 0.155 e. The van der Waals surface area contributed by atoms with Crippen molar-refractivity contribution in [2.45, 2.75) is 13.8 Å². The van der Waals surface area contributed by atoms with Crippen LogP contribution in [0.15, 0.2) is 170 Å². The molecule has 0 amide bonds. The van der Waals surface area contributed by atoms with Gasteiger partial charge in [-0.25, -0.2) is 0 Å². The maximum atomic E-state index is 10.0. The van der Waals surface area contributed by atoms with E-state index in [-0.39, 0.29) is 32.6 Å². The largest absolute Gasteiger partial charge is 0.512 e. The first-order valence-electron chi connectivity index (χ1n) is 16.9. The molecule has 3 heterocycles. The van der Waals surface area contributed by atoms with Crippen molar-refractivity contribution < 1.29 is 31.0 Å². The van der Waals surface area contributed by atoms with Crippen LogP contribution in [0.2, 0.25) is 0 Å². The van der Waals surface area contributed by atoms with E-state index >= 15 is 0 Å². The molecule has 256 valence electrons. The van der Waals surface area contributed by atoms with Gasteiger partial charge in [0.05, 0.1) is 11.4 Å². The number of hydrogen-bond acceptors (Lipinski definition) is 3. The third-order valence-electron chi connectivity index (χ3n) is 9.09. The van der Waals surface area contributed by atoms with E-state index < -0.39 is 0 Å². The number of rotatable bonds is 5.